The van der Waals surface area contributed by atoms with Crippen molar-refractivity contribution >= 4 is 40.1 Å². The maximum atomic E-state index is 6.04. The van der Waals surface area contributed by atoms with Crippen LogP contribution in [-0.4, -0.2) is 62.5 Å². The van der Waals surface area contributed by atoms with E-state index in [1.165, 1.54) is 16.7 Å². The van der Waals surface area contributed by atoms with Gasteiger partial charge in [-0.25, -0.2) is 0 Å². The highest BCUT2D eigenvalue weighted by Gasteiger charge is 2.25. The molecule has 5 nitrogen and oxygen atoms in total. The number of aliphatic imine (C=N–C) groups is 1. The van der Waals surface area contributed by atoms with Crippen molar-refractivity contribution in [2.45, 2.75) is 18.7 Å². The van der Waals surface area contributed by atoms with Gasteiger partial charge in [-0.05, 0) is 0 Å². The summed E-state index contributed by atoms with van der Waals surface area (Å²) in [7, 11) is 0. The molecule has 3 heterocycles. The summed E-state index contributed by atoms with van der Waals surface area (Å²) >= 11 is 9.20. The van der Waals surface area contributed by atoms with E-state index in [9.17, 15) is 0 Å². The normalized spacial score (nSPS) is 24.8. The number of piperazine rings is 1. The van der Waals surface area contributed by atoms with Gasteiger partial charge in [0.05, 0.1) is 6.54 Å². The molecule has 1 unspecified atom stereocenters. The molecule has 0 aromatic carbocycles. The van der Waals surface area contributed by atoms with E-state index in [1.54, 1.807) is 0 Å². The summed E-state index contributed by atoms with van der Waals surface area (Å²) in [6, 6.07) is 0. The van der Waals surface area contributed by atoms with Gasteiger partial charge in [0.1, 0.15) is 10.0 Å². The first-order chi connectivity index (χ1) is 9.22. The van der Waals surface area contributed by atoms with Gasteiger partial charge in [0.15, 0.2) is 5.17 Å². The highest BCUT2D eigenvalue weighted by molar-refractivity contribution is 8.14. The van der Waals surface area contributed by atoms with Crippen molar-refractivity contribution in [3.63, 3.8) is 0 Å². The zero-order valence-corrected chi connectivity index (χ0v) is 13.1. The summed E-state index contributed by atoms with van der Waals surface area (Å²) in [5.74, 6) is 0. The fraction of sp³-hybridized carbons (Fsp3) is 0.727. The Labute approximate surface area is 126 Å². The zero-order valence-electron chi connectivity index (χ0n) is 10.8. The van der Waals surface area contributed by atoms with Crippen LogP contribution in [-0.2, 0) is 6.54 Å². The first-order valence-corrected chi connectivity index (χ1v) is 8.40. The average molecular weight is 318 g/mol. The lowest BCUT2D eigenvalue weighted by Gasteiger charge is -2.35. The summed E-state index contributed by atoms with van der Waals surface area (Å²) in [6.07, 6.45) is 0. The molecule has 2 aliphatic rings. The van der Waals surface area contributed by atoms with Crippen molar-refractivity contribution in [2.75, 3.05) is 32.7 Å². The van der Waals surface area contributed by atoms with Crippen molar-refractivity contribution in [1.82, 2.24) is 19.4 Å². The summed E-state index contributed by atoms with van der Waals surface area (Å²) in [5, 5.41) is 5.92. The van der Waals surface area contributed by atoms with Gasteiger partial charge in [0, 0.05) is 49.5 Å². The Morgan fingerprint density at radius 3 is 2.68 bits per heavy atom. The molecule has 1 aromatic heterocycles. The number of hydrogen-bond donors (Lipinski definition) is 0. The van der Waals surface area contributed by atoms with Crippen molar-refractivity contribution in [1.29, 1.82) is 0 Å². The quantitative estimate of drug-likeness (QED) is 0.832. The third kappa shape index (κ3) is 3.21. The number of nitrogens with zero attached hydrogens (tertiary/aromatic N) is 5. The third-order valence-electron chi connectivity index (χ3n) is 3.32. The molecule has 1 aromatic rings. The molecule has 1 atom stereocenters. The van der Waals surface area contributed by atoms with Crippen LogP contribution in [0.4, 0.5) is 0 Å². The van der Waals surface area contributed by atoms with E-state index in [0.717, 1.165) is 45.0 Å². The molecular formula is C11H16ClN5S2. The Hall–Kier alpha value is -0.370. The lowest BCUT2D eigenvalue weighted by molar-refractivity contribution is 0.176. The van der Waals surface area contributed by atoms with E-state index in [1.807, 2.05) is 11.8 Å². The minimum absolute atomic E-state index is 0.632. The minimum atomic E-state index is 0.632. The summed E-state index contributed by atoms with van der Waals surface area (Å²) in [4.78, 5) is 9.37. The van der Waals surface area contributed by atoms with Crippen LogP contribution >= 0.6 is 34.9 Å². The first kappa shape index (κ1) is 13.6. The van der Waals surface area contributed by atoms with Crippen LogP contribution in [0.5, 0.6) is 0 Å². The number of rotatable bonds is 2. The summed E-state index contributed by atoms with van der Waals surface area (Å²) in [5.41, 5.74) is 0.904. The number of hydrogen-bond acceptors (Lipinski definition) is 7. The van der Waals surface area contributed by atoms with E-state index in [4.69, 9.17) is 11.6 Å². The number of thioether (sulfide) groups is 1. The lowest BCUT2D eigenvalue weighted by Crippen LogP contribution is -2.47. The van der Waals surface area contributed by atoms with Crippen molar-refractivity contribution in [3.05, 3.63) is 10.0 Å². The Morgan fingerprint density at radius 1 is 1.32 bits per heavy atom. The van der Waals surface area contributed by atoms with Gasteiger partial charge in [-0.15, -0.1) is 5.10 Å². The molecule has 0 aliphatic carbocycles. The lowest BCUT2D eigenvalue weighted by atomic mass is 10.3. The van der Waals surface area contributed by atoms with E-state index in [-0.39, 0.29) is 0 Å². The molecule has 2 aliphatic heterocycles. The highest BCUT2D eigenvalue weighted by atomic mass is 35.5. The van der Waals surface area contributed by atoms with Crippen molar-refractivity contribution < 1.29 is 0 Å². The Kier molecular flexibility index (Phi) is 4.26. The van der Waals surface area contributed by atoms with Crippen LogP contribution in [0.25, 0.3) is 0 Å². The van der Waals surface area contributed by atoms with Crippen LogP contribution in [0.3, 0.4) is 0 Å². The van der Waals surface area contributed by atoms with Gasteiger partial charge < -0.3 is 4.90 Å². The van der Waals surface area contributed by atoms with Crippen LogP contribution in [0, 0.1) is 0 Å². The Morgan fingerprint density at radius 2 is 2.11 bits per heavy atom. The van der Waals surface area contributed by atoms with Gasteiger partial charge >= 0.3 is 0 Å². The Bertz CT molecular complexity index is 469. The average Bonchev–Trinajstić information content (AvgIpc) is 3.00. The van der Waals surface area contributed by atoms with Crippen LogP contribution in [0.15, 0.2) is 4.99 Å². The maximum absolute atomic E-state index is 6.04. The molecule has 1 saturated heterocycles. The van der Waals surface area contributed by atoms with Gasteiger partial charge in [-0.3, -0.25) is 9.89 Å². The monoisotopic (exact) mass is 317 g/mol. The number of aromatic nitrogens is 2. The molecule has 0 radical (unpaired) electrons. The van der Waals surface area contributed by atoms with Gasteiger partial charge in [-0.2, -0.15) is 0 Å². The molecule has 3 rings (SSSR count). The summed E-state index contributed by atoms with van der Waals surface area (Å²) in [6.45, 7) is 8.12. The maximum Gasteiger partial charge on any atom is 0.159 e. The molecular weight excluding hydrogens is 302 g/mol. The second-order valence-corrected chi connectivity index (χ2v) is 7.57. The molecule has 0 N–H and O–H groups in total. The van der Waals surface area contributed by atoms with E-state index in [2.05, 4.69) is 31.3 Å². The van der Waals surface area contributed by atoms with Crippen molar-refractivity contribution in [3.8, 4) is 0 Å². The standard InChI is InChI=1S/C11H16ClN5S2/c1-8-6-13-11(18-8)17-4-2-16(3-5-17)7-9-10(12)19-15-14-9/h8H,2-7H2,1H3. The molecule has 8 heteroatoms. The minimum Gasteiger partial charge on any atom is -0.349 e. The van der Waals surface area contributed by atoms with Gasteiger partial charge in [-0.1, -0.05) is 34.8 Å². The first-order valence-electron chi connectivity index (χ1n) is 6.37. The molecule has 104 valence electrons. The van der Waals surface area contributed by atoms with Crippen LogP contribution < -0.4 is 0 Å². The topological polar surface area (TPSA) is 44.6 Å². The van der Waals surface area contributed by atoms with E-state index < -0.39 is 0 Å². The predicted molar refractivity (Wildman–Crippen MR) is 81.1 cm³/mol. The second kappa shape index (κ2) is 5.95. The van der Waals surface area contributed by atoms with E-state index in [0.29, 0.717) is 9.59 Å². The van der Waals surface area contributed by atoms with Gasteiger partial charge in [0.25, 0.3) is 0 Å². The Balaban J connectivity index is 1.51. The second-order valence-electron chi connectivity index (χ2n) is 4.81. The number of amidine groups is 1. The molecule has 0 amide bonds. The molecule has 0 spiro atoms. The largest absolute Gasteiger partial charge is 0.349 e. The van der Waals surface area contributed by atoms with Gasteiger partial charge in [0.2, 0.25) is 0 Å². The molecule has 19 heavy (non-hydrogen) atoms. The molecule has 0 saturated carbocycles. The number of halogens is 1. The van der Waals surface area contributed by atoms with Crippen LogP contribution in [0.1, 0.15) is 12.6 Å². The van der Waals surface area contributed by atoms with Crippen molar-refractivity contribution in [2.24, 2.45) is 4.99 Å². The molecule has 0 bridgehead atoms. The highest BCUT2D eigenvalue weighted by Crippen LogP contribution is 2.24. The fourth-order valence-electron chi connectivity index (χ4n) is 2.24. The predicted octanol–water partition coefficient (Wildman–Crippen LogP) is 1.80. The fourth-order valence-corrected chi connectivity index (χ4v) is 3.84. The zero-order chi connectivity index (χ0) is 13.2. The van der Waals surface area contributed by atoms with E-state index >= 15 is 0 Å². The summed E-state index contributed by atoms with van der Waals surface area (Å²) < 4.78 is 4.59. The SMILES string of the molecule is CC1CN=C(N2CCN(Cc3nnsc3Cl)CC2)S1. The molecule has 1 fully saturated rings. The van der Waals surface area contributed by atoms with Crippen LogP contribution in [0.2, 0.25) is 4.34 Å². The smallest absolute Gasteiger partial charge is 0.159 e. The third-order valence-corrected chi connectivity index (χ3v) is 5.45.